The van der Waals surface area contributed by atoms with Crippen LogP contribution in [0.1, 0.15) is 23.7 Å². The predicted molar refractivity (Wildman–Crippen MR) is 116 cm³/mol. The van der Waals surface area contributed by atoms with Gasteiger partial charge in [0.1, 0.15) is 17.1 Å². The van der Waals surface area contributed by atoms with Crippen LogP contribution in [0, 0.1) is 0 Å². The summed E-state index contributed by atoms with van der Waals surface area (Å²) in [5.41, 5.74) is 2.71. The van der Waals surface area contributed by atoms with Crippen LogP contribution in [0.15, 0.2) is 88.3 Å². The van der Waals surface area contributed by atoms with Crippen molar-refractivity contribution in [3.05, 3.63) is 89.8 Å². The van der Waals surface area contributed by atoms with Gasteiger partial charge in [-0.15, -0.1) is 0 Å². The third kappa shape index (κ3) is 4.25. The Hall–Kier alpha value is -3.86. The third-order valence-corrected chi connectivity index (χ3v) is 4.57. The number of fused-ring (bicyclic) bond motifs is 1. The van der Waals surface area contributed by atoms with Gasteiger partial charge in [-0.2, -0.15) is 0 Å². The summed E-state index contributed by atoms with van der Waals surface area (Å²) in [6.45, 7) is 2.35. The lowest BCUT2D eigenvalue weighted by molar-refractivity contribution is 0.0505. The second-order valence-corrected chi connectivity index (χ2v) is 6.84. The number of ether oxygens (including phenoxy) is 1. The highest BCUT2D eigenvalue weighted by Gasteiger charge is 2.08. The van der Waals surface area contributed by atoms with Crippen LogP contribution in [0.4, 0.5) is 5.69 Å². The molecule has 0 saturated heterocycles. The molecule has 0 unspecified atom stereocenters. The quantitative estimate of drug-likeness (QED) is 0.443. The fourth-order valence-corrected chi connectivity index (χ4v) is 3.08. The summed E-state index contributed by atoms with van der Waals surface area (Å²) in [6.07, 6.45) is 0.780. The van der Waals surface area contributed by atoms with E-state index in [9.17, 15) is 9.90 Å². The number of carbonyl (C=O) groups is 1. The summed E-state index contributed by atoms with van der Waals surface area (Å²) in [7, 11) is 0. The number of hydrogen-bond acceptors (Lipinski definition) is 5. The highest BCUT2D eigenvalue weighted by molar-refractivity contribution is 5.89. The lowest BCUT2D eigenvalue weighted by Crippen LogP contribution is -2.05. The molecule has 4 aromatic rings. The van der Waals surface area contributed by atoms with Crippen molar-refractivity contribution in [3.63, 3.8) is 0 Å². The minimum absolute atomic E-state index is 0.135. The molecular formula is C25H21NO4. The van der Waals surface area contributed by atoms with Gasteiger partial charge in [-0.3, -0.25) is 0 Å². The zero-order valence-corrected chi connectivity index (χ0v) is 16.5. The molecular weight excluding hydrogens is 378 g/mol. The van der Waals surface area contributed by atoms with Gasteiger partial charge in [0.15, 0.2) is 0 Å². The molecule has 5 nitrogen and oxygen atoms in total. The van der Waals surface area contributed by atoms with Crippen molar-refractivity contribution >= 4 is 22.6 Å². The normalized spacial score (nSPS) is 11.6. The number of carbonyl (C=O) groups excluding carboxylic acids is 1. The SMILES string of the molecule is CCCOC(=O)c1ccc(N=c2cc(-c3ccccc3)oc3ccc(O)cc23)cc1. The molecule has 0 bridgehead atoms. The van der Waals surface area contributed by atoms with Crippen molar-refractivity contribution < 1.29 is 19.1 Å². The summed E-state index contributed by atoms with van der Waals surface area (Å²) >= 11 is 0. The molecule has 1 N–H and O–H groups in total. The Morgan fingerprint density at radius 3 is 2.50 bits per heavy atom. The Kier molecular flexibility index (Phi) is 5.61. The topological polar surface area (TPSA) is 72.0 Å². The van der Waals surface area contributed by atoms with E-state index in [-0.39, 0.29) is 11.7 Å². The van der Waals surface area contributed by atoms with Crippen molar-refractivity contribution in [1.29, 1.82) is 0 Å². The maximum atomic E-state index is 12.0. The van der Waals surface area contributed by atoms with Crippen LogP contribution < -0.4 is 5.36 Å². The van der Waals surface area contributed by atoms with Crippen LogP contribution >= 0.6 is 0 Å². The van der Waals surface area contributed by atoms with Crippen molar-refractivity contribution in [1.82, 2.24) is 0 Å². The Bertz CT molecular complexity index is 1240. The van der Waals surface area contributed by atoms with E-state index in [1.807, 2.05) is 43.3 Å². The van der Waals surface area contributed by atoms with Gasteiger partial charge in [0.25, 0.3) is 0 Å². The Morgan fingerprint density at radius 2 is 1.77 bits per heavy atom. The molecule has 1 aromatic heterocycles. The van der Waals surface area contributed by atoms with E-state index in [1.54, 1.807) is 42.5 Å². The number of hydrogen-bond donors (Lipinski definition) is 1. The molecule has 3 aromatic carbocycles. The third-order valence-electron chi connectivity index (χ3n) is 4.57. The van der Waals surface area contributed by atoms with Gasteiger partial charge in [0, 0.05) is 17.0 Å². The number of esters is 1. The van der Waals surface area contributed by atoms with E-state index in [0.29, 0.717) is 39.9 Å². The van der Waals surface area contributed by atoms with Crippen LogP contribution in [0.3, 0.4) is 0 Å². The van der Waals surface area contributed by atoms with Gasteiger partial charge < -0.3 is 14.3 Å². The molecule has 0 aliphatic rings. The fourth-order valence-electron chi connectivity index (χ4n) is 3.08. The molecule has 5 heteroatoms. The molecule has 0 amide bonds. The summed E-state index contributed by atoms with van der Waals surface area (Å²) in [4.78, 5) is 16.7. The highest BCUT2D eigenvalue weighted by Crippen LogP contribution is 2.25. The van der Waals surface area contributed by atoms with Crippen LogP contribution in [0.25, 0.3) is 22.3 Å². The number of benzene rings is 3. The largest absolute Gasteiger partial charge is 0.508 e. The van der Waals surface area contributed by atoms with Crippen molar-refractivity contribution in [2.24, 2.45) is 4.99 Å². The molecule has 0 aliphatic carbocycles. The van der Waals surface area contributed by atoms with Gasteiger partial charge in [0.2, 0.25) is 0 Å². The molecule has 0 radical (unpaired) electrons. The summed E-state index contributed by atoms with van der Waals surface area (Å²) < 4.78 is 11.2. The number of phenolic OH excluding ortho intramolecular Hbond substituents is 1. The zero-order chi connectivity index (χ0) is 20.9. The van der Waals surface area contributed by atoms with Crippen LogP contribution in [0.5, 0.6) is 5.75 Å². The van der Waals surface area contributed by atoms with E-state index in [0.717, 1.165) is 12.0 Å². The molecule has 4 rings (SSSR count). The van der Waals surface area contributed by atoms with Crippen LogP contribution in [-0.4, -0.2) is 17.7 Å². The fraction of sp³-hybridized carbons (Fsp3) is 0.120. The highest BCUT2D eigenvalue weighted by atomic mass is 16.5. The van der Waals surface area contributed by atoms with E-state index in [2.05, 4.69) is 0 Å². The van der Waals surface area contributed by atoms with E-state index < -0.39 is 0 Å². The van der Waals surface area contributed by atoms with Crippen molar-refractivity contribution in [3.8, 4) is 17.1 Å². The van der Waals surface area contributed by atoms with E-state index in [1.165, 1.54) is 0 Å². The zero-order valence-electron chi connectivity index (χ0n) is 16.5. The number of rotatable bonds is 5. The van der Waals surface area contributed by atoms with Gasteiger partial charge in [-0.05, 0) is 48.9 Å². The maximum Gasteiger partial charge on any atom is 0.338 e. The molecule has 150 valence electrons. The summed E-state index contributed by atoms with van der Waals surface area (Å²) in [5.74, 6) is 0.464. The van der Waals surface area contributed by atoms with Crippen molar-refractivity contribution in [2.45, 2.75) is 13.3 Å². The predicted octanol–water partition coefficient (Wildman–Crippen LogP) is 5.60. The van der Waals surface area contributed by atoms with E-state index in [4.69, 9.17) is 14.1 Å². The molecule has 0 atom stereocenters. The first-order valence-electron chi connectivity index (χ1n) is 9.78. The van der Waals surface area contributed by atoms with Gasteiger partial charge in [0.05, 0.1) is 23.2 Å². The second-order valence-electron chi connectivity index (χ2n) is 6.84. The van der Waals surface area contributed by atoms with Crippen LogP contribution in [0.2, 0.25) is 0 Å². The molecule has 0 aliphatic heterocycles. The second kappa shape index (κ2) is 8.66. The Balaban J connectivity index is 1.79. The standard InChI is InChI=1S/C25H21NO4/c1-2-14-29-25(28)18-8-10-19(11-9-18)26-22-16-24(17-6-4-3-5-7-17)30-23-13-12-20(27)15-21(22)23/h3-13,15-16,27H,2,14H2,1H3. The molecule has 1 heterocycles. The molecule has 0 spiro atoms. The van der Waals surface area contributed by atoms with Crippen LogP contribution in [-0.2, 0) is 4.74 Å². The monoisotopic (exact) mass is 399 g/mol. The molecule has 0 fully saturated rings. The van der Waals surface area contributed by atoms with Gasteiger partial charge >= 0.3 is 5.97 Å². The first-order valence-corrected chi connectivity index (χ1v) is 9.78. The number of nitrogens with zero attached hydrogens (tertiary/aromatic N) is 1. The first kappa shape index (κ1) is 19.5. The lowest BCUT2D eigenvalue weighted by atomic mass is 10.1. The number of phenols is 1. The minimum Gasteiger partial charge on any atom is -0.508 e. The minimum atomic E-state index is -0.344. The summed E-state index contributed by atoms with van der Waals surface area (Å²) in [6, 6.07) is 23.5. The molecule has 30 heavy (non-hydrogen) atoms. The molecule has 0 saturated carbocycles. The summed E-state index contributed by atoms with van der Waals surface area (Å²) in [5, 5.41) is 11.3. The average molecular weight is 399 g/mol. The number of aromatic hydroxyl groups is 1. The van der Waals surface area contributed by atoms with E-state index >= 15 is 0 Å². The van der Waals surface area contributed by atoms with Gasteiger partial charge in [-0.1, -0.05) is 37.3 Å². The average Bonchev–Trinajstić information content (AvgIpc) is 2.78. The Labute approximate surface area is 173 Å². The lowest BCUT2D eigenvalue weighted by Gasteiger charge is -2.06. The Morgan fingerprint density at radius 1 is 1.00 bits per heavy atom. The van der Waals surface area contributed by atoms with Crippen molar-refractivity contribution in [2.75, 3.05) is 6.61 Å². The maximum absolute atomic E-state index is 12.0. The smallest absolute Gasteiger partial charge is 0.338 e. The van der Waals surface area contributed by atoms with Gasteiger partial charge in [-0.25, -0.2) is 9.79 Å². The first-order chi connectivity index (χ1) is 14.6.